The van der Waals surface area contributed by atoms with Gasteiger partial charge in [0.15, 0.2) is 0 Å². The second-order valence-corrected chi connectivity index (χ2v) is 7.72. The van der Waals surface area contributed by atoms with Crippen LogP contribution in [0.2, 0.25) is 0 Å². The summed E-state index contributed by atoms with van der Waals surface area (Å²) in [7, 11) is 0. The Morgan fingerprint density at radius 1 is 1.00 bits per heavy atom. The molecule has 1 aliphatic rings. The number of esters is 2. The highest BCUT2D eigenvalue weighted by Gasteiger charge is 2.27. The number of hydrogen-bond donors (Lipinski definition) is 2. The SMILES string of the molecule is CCOC(=O)c1c(C)[nH]c(C=C2C(=O)Nc3ccc(C(=O)OCc4ccccc4)cc32)c1C. The van der Waals surface area contributed by atoms with Gasteiger partial charge < -0.3 is 19.8 Å². The zero-order valence-electron chi connectivity index (χ0n) is 18.7. The van der Waals surface area contributed by atoms with Crippen LogP contribution in [0.25, 0.3) is 11.6 Å². The molecule has 7 heteroatoms. The van der Waals surface area contributed by atoms with E-state index in [1.807, 2.05) is 30.3 Å². The average Bonchev–Trinajstić information content (AvgIpc) is 3.27. The van der Waals surface area contributed by atoms with Gasteiger partial charge in [-0.05, 0) is 56.2 Å². The predicted octanol–water partition coefficient (Wildman–Crippen LogP) is 4.66. The Hall–Kier alpha value is -4.13. The molecule has 2 heterocycles. The first-order chi connectivity index (χ1) is 15.9. The second kappa shape index (κ2) is 9.16. The topological polar surface area (TPSA) is 97.5 Å². The predicted molar refractivity (Wildman–Crippen MR) is 125 cm³/mol. The molecule has 1 aromatic heterocycles. The normalized spacial score (nSPS) is 13.5. The van der Waals surface area contributed by atoms with Crippen LogP contribution < -0.4 is 5.32 Å². The van der Waals surface area contributed by atoms with E-state index in [-0.39, 0.29) is 19.1 Å². The van der Waals surface area contributed by atoms with Crippen LogP contribution in [0.1, 0.15) is 55.7 Å². The monoisotopic (exact) mass is 444 g/mol. The van der Waals surface area contributed by atoms with Crippen LogP contribution in [-0.2, 0) is 20.9 Å². The Labute approximate surface area is 191 Å². The van der Waals surface area contributed by atoms with Crippen molar-refractivity contribution < 1.29 is 23.9 Å². The van der Waals surface area contributed by atoms with Crippen molar-refractivity contribution in [2.24, 2.45) is 0 Å². The third-order valence-corrected chi connectivity index (χ3v) is 5.50. The number of benzene rings is 2. The Morgan fingerprint density at radius 3 is 2.48 bits per heavy atom. The summed E-state index contributed by atoms with van der Waals surface area (Å²) in [6.45, 7) is 5.77. The molecule has 1 amide bonds. The van der Waals surface area contributed by atoms with E-state index < -0.39 is 11.9 Å². The lowest BCUT2D eigenvalue weighted by Crippen LogP contribution is -2.06. The van der Waals surface area contributed by atoms with Crippen molar-refractivity contribution in [2.75, 3.05) is 11.9 Å². The fraction of sp³-hybridized carbons (Fsp3) is 0.192. The Bertz CT molecular complexity index is 1270. The van der Waals surface area contributed by atoms with Crippen LogP contribution >= 0.6 is 0 Å². The Kier molecular flexibility index (Phi) is 6.13. The summed E-state index contributed by atoms with van der Waals surface area (Å²) in [6, 6.07) is 14.4. The van der Waals surface area contributed by atoms with Gasteiger partial charge in [-0.15, -0.1) is 0 Å². The molecule has 0 atom stereocenters. The molecule has 2 aromatic carbocycles. The van der Waals surface area contributed by atoms with Gasteiger partial charge >= 0.3 is 11.9 Å². The van der Waals surface area contributed by atoms with Gasteiger partial charge in [-0.2, -0.15) is 0 Å². The lowest BCUT2D eigenvalue weighted by Gasteiger charge is -2.07. The minimum absolute atomic E-state index is 0.161. The van der Waals surface area contributed by atoms with Gasteiger partial charge in [0.25, 0.3) is 5.91 Å². The first-order valence-corrected chi connectivity index (χ1v) is 10.6. The summed E-state index contributed by atoms with van der Waals surface area (Å²) in [4.78, 5) is 40.7. The molecule has 168 valence electrons. The number of carbonyl (C=O) groups excluding carboxylic acids is 3. The van der Waals surface area contributed by atoms with Gasteiger partial charge in [0.2, 0.25) is 0 Å². The van der Waals surface area contributed by atoms with E-state index in [0.717, 1.165) is 5.56 Å². The minimum atomic E-state index is -0.475. The van der Waals surface area contributed by atoms with Crippen LogP contribution in [0, 0.1) is 13.8 Å². The van der Waals surface area contributed by atoms with Crippen LogP contribution in [0.15, 0.2) is 48.5 Å². The van der Waals surface area contributed by atoms with Gasteiger partial charge in [0.05, 0.1) is 23.3 Å². The van der Waals surface area contributed by atoms with Crippen molar-refractivity contribution >= 4 is 35.2 Å². The van der Waals surface area contributed by atoms with E-state index in [4.69, 9.17) is 9.47 Å². The largest absolute Gasteiger partial charge is 0.462 e. The van der Waals surface area contributed by atoms with Crippen molar-refractivity contribution in [3.05, 3.63) is 87.7 Å². The van der Waals surface area contributed by atoms with Gasteiger partial charge in [-0.25, -0.2) is 9.59 Å². The molecule has 0 saturated carbocycles. The lowest BCUT2D eigenvalue weighted by molar-refractivity contribution is -0.110. The average molecular weight is 444 g/mol. The maximum absolute atomic E-state index is 12.7. The first-order valence-electron chi connectivity index (χ1n) is 10.6. The molecule has 0 fully saturated rings. The van der Waals surface area contributed by atoms with Gasteiger partial charge in [0, 0.05) is 22.6 Å². The first kappa shape index (κ1) is 22.1. The number of H-pyrrole nitrogens is 1. The number of fused-ring (bicyclic) bond motifs is 1. The molecule has 0 radical (unpaired) electrons. The highest BCUT2D eigenvalue weighted by Crippen LogP contribution is 2.35. The molecule has 3 aromatic rings. The third-order valence-electron chi connectivity index (χ3n) is 5.50. The van der Waals surface area contributed by atoms with Crippen LogP contribution in [0.5, 0.6) is 0 Å². The number of amides is 1. The number of hydrogen-bond acceptors (Lipinski definition) is 5. The molecule has 0 aliphatic carbocycles. The van der Waals surface area contributed by atoms with Crippen molar-refractivity contribution in [2.45, 2.75) is 27.4 Å². The van der Waals surface area contributed by atoms with Crippen molar-refractivity contribution in [1.82, 2.24) is 4.98 Å². The molecule has 0 saturated heterocycles. The summed E-state index contributed by atoms with van der Waals surface area (Å²) < 4.78 is 10.6. The fourth-order valence-corrected chi connectivity index (χ4v) is 3.84. The summed E-state index contributed by atoms with van der Waals surface area (Å²) in [5.74, 6) is -1.17. The molecule has 1 aliphatic heterocycles. The van der Waals surface area contributed by atoms with Gasteiger partial charge in [-0.1, -0.05) is 30.3 Å². The van der Waals surface area contributed by atoms with E-state index in [1.165, 1.54) is 0 Å². The number of ether oxygens (including phenoxy) is 2. The fourth-order valence-electron chi connectivity index (χ4n) is 3.84. The maximum atomic E-state index is 12.7. The number of nitrogens with one attached hydrogen (secondary N) is 2. The van der Waals surface area contributed by atoms with E-state index in [1.54, 1.807) is 45.0 Å². The summed E-state index contributed by atoms with van der Waals surface area (Å²) in [5.41, 5.74) is 5.27. The molecule has 0 bridgehead atoms. The molecule has 0 unspecified atom stereocenters. The number of carbonyl (C=O) groups is 3. The van der Waals surface area contributed by atoms with E-state index >= 15 is 0 Å². The minimum Gasteiger partial charge on any atom is -0.462 e. The molecule has 2 N–H and O–H groups in total. The molecule has 4 rings (SSSR count). The van der Waals surface area contributed by atoms with Crippen LogP contribution in [-0.4, -0.2) is 29.4 Å². The van der Waals surface area contributed by atoms with Crippen molar-refractivity contribution in [1.29, 1.82) is 0 Å². The number of aromatic nitrogens is 1. The summed E-state index contributed by atoms with van der Waals surface area (Å²) in [5, 5.41) is 2.81. The summed E-state index contributed by atoms with van der Waals surface area (Å²) >= 11 is 0. The smallest absolute Gasteiger partial charge is 0.340 e. The number of aryl methyl sites for hydroxylation is 1. The molecule has 7 nitrogen and oxygen atoms in total. The number of anilines is 1. The van der Waals surface area contributed by atoms with Crippen molar-refractivity contribution in [3.63, 3.8) is 0 Å². The third kappa shape index (κ3) is 4.43. The summed E-state index contributed by atoms with van der Waals surface area (Å²) in [6.07, 6.45) is 1.69. The lowest BCUT2D eigenvalue weighted by atomic mass is 10.0. The van der Waals surface area contributed by atoms with Crippen LogP contribution in [0.4, 0.5) is 5.69 Å². The van der Waals surface area contributed by atoms with E-state index in [2.05, 4.69) is 10.3 Å². The standard InChI is InChI=1S/C26H24N2O5/c1-4-32-26(31)23-15(2)22(27-16(23)3)13-20-19-12-18(10-11-21(19)28-24(20)29)25(30)33-14-17-8-6-5-7-9-17/h5-13,27H,4,14H2,1-3H3,(H,28,29). The quantitative estimate of drug-likeness (QED) is 0.426. The number of rotatable bonds is 6. The Morgan fingerprint density at radius 2 is 1.76 bits per heavy atom. The zero-order chi connectivity index (χ0) is 23.5. The van der Waals surface area contributed by atoms with Gasteiger partial charge in [0.1, 0.15) is 6.61 Å². The van der Waals surface area contributed by atoms with E-state index in [0.29, 0.717) is 44.9 Å². The molecular formula is C26H24N2O5. The molecular weight excluding hydrogens is 420 g/mol. The Balaban J connectivity index is 1.62. The molecule has 0 spiro atoms. The molecule has 33 heavy (non-hydrogen) atoms. The zero-order valence-corrected chi connectivity index (χ0v) is 18.7. The van der Waals surface area contributed by atoms with Crippen LogP contribution in [0.3, 0.4) is 0 Å². The highest BCUT2D eigenvalue weighted by molar-refractivity contribution is 6.35. The van der Waals surface area contributed by atoms with Gasteiger partial charge in [-0.3, -0.25) is 4.79 Å². The maximum Gasteiger partial charge on any atom is 0.340 e. The number of aromatic amines is 1. The van der Waals surface area contributed by atoms with Crippen molar-refractivity contribution in [3.8, 4) is 0 Å². The second-order valence-electron chi connectivity index (χ2n) is 7.72. The highest BCUT2D eigenvalue weighted by atomic mass is 16.5. The van der Waals surface area contributed by atoms with E-state index in [9.17, 15) is 14.4 Å².